The van der Waals surface area contributed by atoms with Crippen molar-refractivity contribution in [3.05, 3.63) is 29.3 Å². The summed E-state index contributed by atoms with van der Waals surface area (Å²) in [5.41, 5.74) is 1.68. The van der Waals surface area contributed by atoms with Crippen LogP contribution >= 0.6 is 0 Å². The molecule has 5 heteroatoms. The first-order valence-electron chi connectivity index (χ1n) is 5.46. The second-order valence-electron chi connectivity index (χ2n) is 4.17. The minimum absolute atomic E-state index is 0.155. The van der Waals surface area contributed by atoms with Gasteiger partial charge in [-0.25, -0.2) is 0 Å². The van der Waals surface area contributed by atoms with E-state index in [0.29, 0.717) is 12.0 Å². The summed E-state index contributed by atoms with van der Waals surface area (Å²) in [6.07, 6.45) is -2.53. The molecule has 17 heavy (non-hydrogen) atoms. The predicted molar refractivity (Wildman–Crippen MR) is 55.9 cm³/mol. The smallest absolute Gasteiger partial charge is 0.422 e. The lowest BCUT2D eigenvalue weighted by Crippen LogP contribution is -2.19. The van der Waals surface area contributed by atoms with Gasteiger partial charge in [0.15, 0.2) is 6.61 Å². The highest BCUT2D eigenvalue weighted by Crippen LogP contribution is 2.32. The summed E-state index contributed by atoms with van der Waals surface area (Å²) in [5.74, 6) is 0.155. The lowest BCUT2D eigenvalue weighted by Gasteiger charge is -2.22. The Labute approximate surface area is 97.0 Å². The number of benzene rings is 1. The fourth-order valence-corrected chi connectivity index (χ4v) is 2.01. The number of aryl methyl sites for hydroxylation is 1. The van der Waals surface area contributed by atoms with Gasteiger partial charge in [0.25, 0.3) is 0 Å². The Kier molecular flexibility index (Phi) is 3.28. The largest absolute Gasteiger partial charge is 0.484 e. The third-order valence-electron chi connectivity index (χ3n) is 2.80. The van der Waals surface area contributed by atoms with Gasteiger partial charge in [0.05, 0.1) is 6.10 Å². The van der Waals surface area contributed by atoms with Gasteiger partial charge in [0.1, 0.15) is 5.75 Å². The first kappa shape index (κ1) is 12.2. The number of aliphatic hydroxyl groups is 1. The maximum absolute atomic E-state index is 12.0. The number of fused-ring (bicyclic) bond motifs is 1. The van der Waals surface area contributed by atoms with Gasteiger partial charge in [-0.2, -0.15) is 13.2 Å². The number of ether oxygens (including phenoxy) is 1. The quantitative estimate of drug-likeness (QED) is 0.869. The van der Waals surface area contributed by atoms with Gasteiger partial charge in [0, 0.05) is 0 Å². The van der Waals surface area contributed by atoms with Crippen molar-refractivity contribution < 1.29 is 23.0 Å². The van der Waals surface area contributed by atoms with Gasteiger partial charge < -0.3 is 9.84 Å². The standard InChI is InChI=1S/C12H13F3O2/c13-12(14,15)7-17-9-5-4-8-2-1-3-11(16)10(8)6-9/h4-6,11,16H,1-3,7H2/t11-/m1/s1. The van der Waals surface area contributed by atoms with Crippen LogP contribution < -0.4 is 4.74 Å². The molecule has 1 atom stereocenters. The fourth-order valence-electron chi connectivity index (χ4n) is 2.01. The van der Waals surface area contributed by atoms with Crippen molar-refractivity contribution in [1.82, 2.24) is 0 Å². The minimum Gasteiger partial charge on any atom is -0.484 e. The Bertz CT molecular complexity index is 401. The van der Waals surface area contributed by atoms with E-state index in [4.69, 9.17) is 0 Å². The van der Waals surface area contributed by atoms with Gasteiger partial charge in [-0.3, -0.25) is 0 Å². The molecule has 0 spiro atoms. The summed E-state index contributed by atoms with van der Waals surface area (Å²) in [5, 5.41) is 9.74. The normalized spacial score (nSPS) is 19.9. The molecule has 2 nitrogen and oxygen atoms in total. The Morgan fingerprint density at radius 3 is 2.82 bits per heavy atom. The first-order chi connectivity index (χ1) is 7.96. The molecule has 0 aliphatic heterocycles. The fraction of sp³-hybridized carbons (Fsp3) is 0.500. The summed E-state index contributed by atoms with van der Waals surface area (Å²) in [4.78, 5) is 0. The molecule has 0 saturated carbocycles. The second-order valence-corrected chi connectivity index (χ2v) is 4.17. The summed E-state index contributed by atoms with van der Waals surface area (Å²) in [7, 11) is 0. The zero-order valence-corrected chi connectivity index (χ0v) is 9.13. The Morgan fingerprint density at radius 2 is 2.12 bits per heavy atom. The lowest BCUT2D eigenvalue weighted by atomic mass is 9.89. The number of alkyl halides is 3. The third-order valence-corrected chi connectivity index (χ3v) is 2.80. The van der Waals surface area contributed by atoms with Crippen LogP contribution in [-0.4, -0.2) is 17.9 Å². The van der Waals surface area contributed by atoms with E-state index in [0.717, 1.165) is 18.4 Å². The first-order valence-corrected chi connectivity index (χ1v) is 5.46. The van der Waals surface area contributed by atoms with Gasteiger partial charge in [-0.1, -0.05) is 6.07 Å². The zero-order chi connectivity index (χ0) is 12.5. The van der Waals surface area contributed by atoms with Gasteiger partial charge in [-0.15, -0.1) is 0 Å². The summed E-state index contributed by atoms with van der Waals surface area (Å²) < 4.78 is 40.6. The van der Waals surface area contributed by atoms with E-state index in [-0.39, 0.29) is 5.75 Å². The molecule has 94 valence electrons. The molecule has 1 aromatic rings. The Morgan fingerprint density at radius 1 is 1.35 bits per heavy atom. The number of aliphatic hydroxyl groups excluding tert-OH is 1. The van der Waals surface area contributed by atoms with E-state index in [1.165, 1.54) is 12.1 Å². The average Bonchev–Trinajstić information content (AvgIpc) is 2.26. The van der Waals surface area contributed by atoms with Crippen LogP contribution in [0, 0.1) is 0 Å². The molecule has 1 aromatic carbocycles. The van der Waals surface area contributed by atoms with E-state index in [9.17, 15) is 18.3 Å². The molecular formula is C12H13F3O2. The van der Waals surface area contributed by atoms with Crippen molar-refractivity contribution in [2.24, 2.45) is 0 Å². The molecule has 0 radical (unpaired) electrons. The van der Waals surface area contributed by atoms with Crippen LogP contribution in [0.15, 0.2) is 18.2 Å². The lowest BCUT2D eigenvalue weighted by molar-refractivity contribution is -0.153. The molecule has 0 saturated heterocycles. The molecule has 0 heterocycles. The van der Waals surface area contributed by atoms with Crippen LogP contribution in [0.2, 0.25) is 0 Å². The SMILES string of the molecule is O[C@@H]1CCCc2ccc(OCC(F)(F)F)cc21. The van der Waals surface area contributed by atoms with Crippen molar-refractivity contribution in [3.63, 3.8) is 0 Å². The van der Waals surface area contributed by atoms with Crippen molar-refractivity contribution in [1.29, 1.82) is 0 Å². The number of halogens is 3. The van der Waals surface area contributed by atoms with Crippen molar-refractivity contribution in [2.45, 2.75) is 31.5 Å². The summed E-state index contributed by atoms with van der Waals surface area (Å²) in [6.45, 7) is -1.30. The van der Waals surface area contributed by atoms with Crippen LogP contribution in [0.4, 0.5) is 13.2 Å². The molecular weight excluding hydrogens is 233 g/mol. The molecule has 1 aliphatic rings. The van der Waals surface area contributed by atoms with Crippen LogP contribution in [0.3, 0.4) is 0 Å². The maximum atomic E-state index is 12.0. The average molecular weight is 246 g/mol. The van der Waals surface area contributed by atoms with Crippen LogP contribution in [0.1, 0.15) is 30.1 Å². The summed E-state index contributed by atoms with van der Waals surface area (Å²) >= 11 is 0. The van der Waals surface area contributed by atoms with Crippen molar-refractivity contribution in [3.8, 4) is 5.75 Å². The van der Waals surface area contributed by atoms with E-state index in [2.05, 4.69) is 4.74 Å². The molecule has 0 amide bonds. The monoisotopic (exact) mass is 246 g/mol. The zero-order valence-electron chi connectivity index (χ0n) is 9.13. The number of rotatable bonds is 2. The summed E-state index contributed by atoms with van der Waals surface area (Å²) in [6, 6.07) is 4.75. The molecule has 2 rings (SSSR count). The van der Waals surface area contributed by atoms with E-state index >= 15 is 0 Å². The van der Waals surface area contributed by atoms with Crippen LogP contribution in [0.5, 0.6) is 5.75 Å². The van der Waals surface area contributed by atoms with Gasteiger partial charge in [-0.05, 0) is 42.5 Å². The number of hydrogen-bond acceptors (Lipinski definition) is 2. The van der Waals surface area contributed by atoms with Crippen LogP contribution in [0.25, 0.3) is 0 Å². The number of hydrogen-bond donors (Lipinski definition) is 1. The van der Waals surface area contributed by atoms with E-state index < -0.39 is 18.9 Å². The highest BCUT2D eigenvalue weighted by atomic mass is 19.4. The minimum atomic E-state index is -4.34. The molecule has 1 N–H and O–H groups in total. The topological polar surface area (TPSA) is 29.5 Å². The molecule has 0 bridgehead atoms. The molecule has 0 fully saturated rings. The van der Waals surface area contributed by atoms with E-state index in [1.54, 1.807) is 6.07 Å². The highest BCUT2D eigenvalue weighted by Gasteiger charge is 2.28. The van der Waals surface area contributed by atoms with Gasteiger partial charge in [0.2, 0.25) is 0 Å². The highest BCUT2D eigenvalue weighted by molar-refractivity contribution is 5.38. The maximum Gasteiger partial charge on any atom is 0.422 e. The van der Waals surface area contributed by atoms with E-state index in [1.807, 2.05) is 0 Å². The molecule has 1 aliphatic carbocycles. The predicted octanol–water partition coefficient (Wildman–Crippen LogP) is 3.00. The molecule has 0 aromatic heterocycles. The van der Waals surface area contributed by atoms with Crippen molar-refractivity contribution >= 4 is 0 Å². The molecule has 0 unspecified atom stereocenters. The Hall–Kier alpha value is -1.23. The van der Waals surface area contributed by atoms with Crippen molar-refractivity contribution in [2.75, 3.05) is 6.61 Å². The van der Waals surface area contributed by atoms with Crippen LogP contribution in [-0.2, 0) is 6.42 Å². The Balaban J connectivity index is 2.12. The third kappa shape index (κ3) is 3.12. The van der Waals surface area contributed by atoms with Gasteiger partial charge >= 0.3 is 6.18 Å². The second kappa shape index (κ2) is 4.56.